The lowest BCUT2D eigenvalue weighted by molar-refractivity contribution is -0.121. The normalized spacial score (nSPS) is 22.0. The zero-order chi connectivity index (χ0) is 13.1. The lowest BCUT2D eigenvalue weighted by Gasteiger charge is -2.16. The molecule has 2 heterocycles. The maximum absolute atomic E-state index is 12.1. The maximum Gasteiger partial charge on any atom is 0.242 e. The Labute approximate surface area is 114 Å². The molecule has 0 unspecified atom stereocenters. The van der Waals surface area contributed by atoms with E-state index in [0.29, 0.717) is 0 Å². The van der Waals surface area contributed by atoms with Crippen LogP contribution in [0.4, 0.5) is 5.69 Å². The van der Waals surface area contributed by atoms with E-state index in [9.17, 15) is 4.79 Å². The molecule has 4 heteroatoms. The molecule has 1 aromatic carbocycles. The summed E-state index contributed by atoms with van der Waals surface area (Å²) in [5.74, 6) is 0.121. The van der Waals surface area contributed by atoms with Gasteiger partial charge >= 0.3 is 0 Å². The van der Waals surface area contributed by atoms with E-state index in [1.165, 1.54) is 31.5 Å². The van der Waals surface area contributed by atoms with E-state index < -0.39 is 0 Å². The predicted molar refractivity (Wildman–Crippen MR) is 76.2 cm³/mol. The Morgan fingerprint density at radius 3 is 2.89 bits per heavy atom. The molecule has 2 N–H and O–H groups in total. The van der Waals surface area contributed by atoms with Crippen molar-refractivity contribution in [1.29, 1.82) is 0 Å². The lowest BCUT2D eigenvalue weighted by Crippen LogP contribution is -2.41. The number of fused-ring (bicyclic) bond motifs is 1. The second kappa shape index (κ2) is 5.61. The van der Waals surface area contributed by atoms with Crippen LogP contribution in [-0.4, -0.2) is 43.0 Å². The van der Waals surface area contributed by atoms with Crippen molar-refractivity contribution >= 4 is 11.6 Å². The van der Waals surface area contributed by atoms with Crippen molar-refractivity contribution in [3.63, 3.8) is 0 Å². The highest BCUT2D eigenvalue weighted by molar-refractivity contribution is 5.87. The number of amides is 1. The van der Waals surface area contributed by atoms with Crippen LogP contribution in [0.3, 0.4) is 0 Å². The first kappa shape index (κ1) is 12.5. The highest BCUT2D eigenvalue weighted by atomic mass is 16.2. The highest BCUT2D eigenvalue weighted by Gasteiger charge is 2.25. The van der Waals surface area contributed by atoms with Gasteiger partial charge in [-0.3, -0.25) is 4.79 Å². The van der Waals surface area contributed by atoms with E-state index in [4.69, 9.17) is 0 Å². The molecule has 1 fully saturated rings. The SMILES string of the molecule is O=C(NCCN1CCCC1)[C@@H]1Cc2ccccc2N1. The number of rotatable bonds is 4. The minimum absolute atomic E-state index is 0.101. The van der Waals surface area contributed by atoms with Crippen molar-refractivity contribution < 1.29 is 4.79 Å². The topological polar surface area (TPSA) is 44.4 Å². The number of nitrogens with one attached hydrogen (secondary N) is 2. The molecule has 0 saturated carbocycles. The molecule has 0 bridgehead atoms. The molecule has 2 aliphatic rings. The van der Waals surface area contributed by atoms with E-state index in [1.54, 1.807) is 0 Å². The smallest absolute Gasteiger partial charge is 0.242 e. The van der Waals surface area contributed by atoms with Crippen molar-refractivity contribution in [1.82, 2.24) is 10.2 Å². The average Bonchev–Trinajstić information content (AvgIpc) is 3.07. The number of anilines is 1. The summed E-state index contributed by atoms with van der Waals surface area (Å²) in [6.45, 7) is 4.10. The zero-order valence-electron chi connectivity index (χ0n) is 11.2. The third-order valence-corrected chi connectivity index (χ3v) is 4.01. The summed E-state index contributed by atoms with van der Waals surface area (Å²) in [6.07, 6.45) is 3.40. The summed E-state index contributed by atoms with van der Waals surface area (Å²) in [6, 6.07) is 8.04. The quantitative estimate of drug-likeness (QED) is 0.855. The van der Waals surface area contributed by atoms with Crippen LogP contribution in [0.15, 0.2) is 24.3 Å². The fourth-order valence-electron chi connectivity index (χ4n) is 2.92. The first-order valence-corrected chi connectivity index (χ1v) is 7.17. The van der Waals surface area contributed by atoms with Gasteiger partial charge in [0.05, 0.1) is 0 Å². The molecular weight excluding hydrogens is 238 g/mol. The van der Waals surface area contributed by atoms with Crippen LogP contribution >= 0.6 is 0 Å². The van der Waals surface area contributed by atoms with E-state index in [1.807, 2.05) is 18.2 Å². The Balaban J connectivity index is 1.44. The molecule has 0 aromatic heterocycles. The lowest BCUT2D eigenvalue weighted by atomic mass is 10.1. The zero-order valence-corrected chi connectivity index (χ0v) is 11.2. The second-order valence-corrected chi connectivity index (χ2v) is 5.40. The van der Waals surface area contributed by atoms with Gasteiger partial charge in [0.2, 0.25) is 5.91 Å². The second-order valence-electron chi connectivity index (χ2n) is 5.40. The fourth-order valence-corrected chi connectivity index (χ4v) is 2.92. The van der Waals surface area contributed by atoms with Crippen LogP contribution in [0, 0.1) is 0 Å². The summed E-state index contributed by atoms with van der Waals surface area (Å²) in [5, 5.41) is 6.33. The van der Waals surface area contributed by atoms with Crippen molar-refractivity contribution in [2.24, 2.45) is 0 Å². The van der Waals surface area contributed by atoms with Gasteiger partial charge in [-0.2, -0.15) is 0 Å². The molecule has 4 nitrogen and oxygen atoms in total. The third kappa shape index (κ3) is 2.89. The van der Waals surface area contributed by atoms with Crippen LogP contribution in [0.2, 0.25) is 0 Å². The van der Waals surface area contributed by atoms with Crippen molar-refractivity contribution in [3.8, 4) is 0 Å². The molecule has 19 heavy (non-hydrogen) atoms. The van der Waals surface area contributed by atoms with Crippen LogP contribution in [-0.2, 0) is 11.2 Å². The molecule has 3 rings (SSSR count). The molecule has 0 spiro atoms. The van der Waals surface area contributed by atoms with Gasteiger partial charge in [0, 0.05) is 25.2 Å². The van der Waals surface area contributed by atoms with E-state index in [-0.39, 0.29) is 11.9 Å². The van der Waals surface area contributed by atoms with Crippen LogP contribution in [0.25, 0.3) is 0 Å². The molecule has 1 aromatic rings. The molecule has 102 valence electrons. The molecule has 1 atom stereocenters. The molecule has 1 saturated heterocycles. The van der Waals surface area contributed by atoms with Gasteiger partial charge in [0.25, 0.3) is 0 Å². The Bertz CT molecular complexity index is 429. The Kier molecular flexibility index (Phi) is 3.69. The number of nitrogens with zero attached hydrogens (tertiary/aromatic N) is 1. The van der Waals surface area contributed by atoms with Crippen LogP contribution < -0.4 is 10.6 Å². The first-order valence-electron chi connectivity index (χ1n) is 7.17. The Hall–Kier alpha value is -1.55. The maximum atomic E-state index is 12.1. The minimum Gasteiger partial charge on any atom is -0.373 e. The van der Waals surface area contributed by atoms with Crippen LogP contribution in [0.5, 0.6) is 0 Å². The molecule has 1 amide bonds. The van der Waals surface area contributed by atoms with E-state index in [0.717, 1.165) is 25.2 Å². The number of carbonyl (C=O) groups is 1. The summed E-state index contributed by atoms with van der Waals surface area (Å²) in [5.41, 5.74) is 2.34. The summed E-state index contributed by atoms with van der Waals surface area (Å²) in [4.78, 5) is 14.5. The van der Waals surface area contributed by atoms with Gasteiger partial charge in [-0.15, -0.1) is 0 Å². The molecular formula is C15H21N3O. The molecule has 2 aliphatic heterocycles. The van der Waals surface area contributed by atoms with Crippen molar-refractivity contribution in [2.45, 2.75) is 25.3 Å². The minimum atomic E-state index is -0.101. The van der Waals surface area contributed by atoms with Crippen molar-refractivity contribution in [3.05, 3.63) is 29.8 Å². The number of benzene rings is 1. The largest absolute Gasteiger partial charge is 0.373 e. The number of para-hydroxylation sites is 1. The summed E-state index contributed by atoms with van der Waals surface area (Å²) < 4.78 is 0. The average molecular weight is 259 g/mol. The molecule has 0 aliphatic carbocycles. The summed E-state index contributed by atoms with van der Waals surface area (Å²) >= 11 is 0. The number of carbonyl (C=O) groups excluding carboxylic acids is 1. The van der Waals surface area contributed by atoms with Gasteiger partial charge < -0.3 is 15.5 Å². The Morgan fingerprint density at radius 2 is 2.11 bits per heavy atom. The van der Waals surface area contributed by atoms with E-state index >= 15 is 0 Å². The number of hydrogen-bond acceptors (Lipinski definition) is 3. The van der Waals surface area contributed by atoms with Gasteiger partial charge in [0.1, 0.15) is 6.04 Å². The standard InChI is InChI=1S/C15H21N3O/c19-15(16-7-10-18-8-3-4-9-18)14-11-12-5-1-2-6-13(12)17-14/h1-2,5-6,14,17H,3-4,7-11H2,(H,16,19)/t14-/m0/s1. The number of likely N-dealkylation sites (tertiary alicyclic amines) is 1. The third-order valence-electron chi connectivity index (χ3n) is 4.01. The van der Waals surface area contributed by atoms with Gasteiger partial charge in [0.15, 0.2) is 0 Å². The fraction of sp³-hybridized carbons (Fsp3) is 0.533. The predicted octanol–water partition coefficient (Wildman–Crippen LogP) is 1.24. The van der Waals surface area contributed by atoms with Gasteiger partial charge in [-0.1, -0.05) is 18.2 Å². The highest BCUT2D eigenvalue weighted by Crippen LogP contribution is 2.24. The van der Waals surface area contributed by atoms with Gasteiger partial charge in [-0.05, 0) is 37.6 Å². The van der Waals surface area contributed by atoms with Crippen LogP contribution in [0.1, 0.15) is 18.4 Å². The monoisotopic (exact) mass is 259 g/mol. The van der Waals surface area contributed by atoms with E-state index in [2.05, 4.69) is 21.6 Å². The van der Waals surface area contributed by atoms with Crippen molar-refractivity contribution in [2.75, 3.05) is 31.5 Å². The summed E-state index contributed by atoms with van der Waals surface area (Å²) in [7, 11) is 0. The number of hydrogen-bond donors (Lipinski definition) is 2. The first-order chi connectivity index (χ1) is 9.33. The Morgan fingerprint density at radius 1 is 1.32 bits per heavy atom. The van der Waals surface area contributed by atoms with Gasteiger partial charge in [-0.25, -0.2) is 0 Å². The molecule has 0 radical (unpaired) electrons.